The van der Waals surface area contributed by atoms with Crippen LogP contribution in [0.2, 0.25) is 0 Å². The fraction of sp³-hybridized carbons (Fsp3) is 0.500. The molecule has 2 unspecified atom stereocenters. The fourth-order valence-corrected chi connectivity index (χ4v) is 1.99. The smallest absolute Gasteiger partial charge is 0.343 e. The van der Waals surface area contributed by atoms with Crippen LogP contribution >= 0.6 is 0 Å². The van der Waals surface area contributed by atoms with Gasteiger partial charge in [0.25, 0.3) is 0 Å². The number of pyridine rings is 1. The van der Waals surface area contributed by atoms with Crippen LogP contribution in [-0.4, -0.2) is 30.2 Å². The van der Waals surface area contributed by atoms with Crippen LogP contribution in [0.5, 0.6) is 5.88 Å². The van der Waals surface area contributed by atoms with Gasteiger partial charge in [0.05, 0.1) is 7.11 Å². The molecule has 92 valence electrons. The van der Waals surface area contributed by atoms with Crippen LogP contribution < -0.4 is 10.5 Å². The van der Waals surface area contributed by atoms with E-state index in [0.717, 1.165) is 19.3 Å². The van der Waals surface area contributed by atoms with Gasteiger partial charge in [0, 0.05) is 12.2 Å². The minimum absolute atomic E-state index is 0.0162. The minimum atomic E-state index is -0.445. The highest BCUT2D eigenvalue weighted by molar-refractivity contribution is 5.91. The highest BCUT2D eigenvalue weighted by Gasteiger charge is 2.27. The first-order valence-electron chi connectivity index (χ1n) is 5.68. The van der Waals surface area contributed by atoms with Crippen molar-refractivity contribution >= 4 is 5.97 Å². The molecule has 0 amide bonds. The van der Waals surface area contributed by atoms with Gasteiger partial charge in [-0.15, -0.1) is 0 Å². The lowest BCUT2D eigenvalue weighted by atomic mass is 10.2. The number of nitrogens with two attached hydrogens (primary N) is 1. The van der Waals surface area contributed by atoms with Gasteiger partial charge in [0.1, 0.15) is 11.7 Å². The van der Waals surface area contributed by atoms with Crippen LogP contribution in [0.25, 0.3) is 0 Å². The number of nitrogens with zero attached hydrogens (tertiary/aromatic N) is 1. The second kappa shape index (κ2) is 5.14. The summed E-state index contributed by atoms with van der Waals surface area (Å²) < 4.78 is 10.4. The zero-order valence-electron chi connectivity index (χ0n) is 9.76. The number of hydrogen-bond donors (Lipinski definition) is 1. The molecule has 0 radical (unpaired) electrons. The van der Waals surface area contributed by atoms with E-state index in [2.05, 4.69) is 9.72 Å². The summed E-state index contributed by atoms with van der Waals surface area (Å²) in [6.45, 7) is 0. The van der Waals surface area contributed by atoms with Crippen LogP contribution in [0.1, 0.15) is 29.6 Å². The summed E-state index contributed by atoms with van der Waals surface area (Å²) in [5.41, 5.74) is 6.26. The molecule has 0 aromatic carbocycles. The lowest BCUT2D eigenvalue weighted by molar-refractivity contribution is 0.0590. The molecule has 2 atom stereocenters. The van der Waals surface area contributed by atoms with Crippen LogP contribution in [0, 0.1) is 0 Å². The summed E-state index contributed by atoms with van der Waals surface area (Å²) in [7, 11) is 1.33. The van der Waals surface area contributed by atoms with E-state index >= 15 is 0 Å². The van der Waals surface area contributed by atoms with Gasteiger partial charge < -0.3 is 15.2 Å². The number of esters is 1. The molecule has 17 heavy (non-hydrogen) atoms. The predicted octanol–water partition coefficient (Wildman–Crippen LogP) is 1.13. The number of aromatic nitrogens is 1. The summed E-state index contributed by atoms with van der Waals surface area (Å²) in [6, 6.07) is 3.32. The molecule has 1 heterocycles. The Kier molecular flexibility index (Phi) is 3.58. The van der Waals surface area contributed by atoms with Crippen LogP contribution in [0.4, 0.5) is 0 Å². The summed E-state index contributed by atoms with van der Waals surface area (Å²) in [5.74, 6) is -0.138. The molecule has 1 aliphatic carbocycles. The number of carbonyl (C=O) groups excluding carboxylic acids is 1. The minimum Gasteiger partial charge on any atom is -0.472 e. The molecule has 5 nitrogen and oxygen atoms in total. The maximum absolute atomic E-state index is 11.5. The molecule has 0 saturated heterocycles. The molecule has 2 N–H and O–H groups in total. The number of methoxy groups -OCH3 is 1. The van der Waals surface area contributed by atoms with Gasteiger partial charge in [-0.1, -0.05) is 0 Å². The average molecular weight is 236 g/mol. The Labute approximate surface area is 99.9 Å². The van der Waals surface area contributed by atoms with Gasteiger partial charge in [-0.05, 0) is 31.4 Å². The Morgan fingerprint density at radius 2 is 2.35 bits per heavy atom. The van der Waals surface area contributed by atoms with Crippen molar-refractivity contribution in [3.63, 3.8) is 0 Å². The Bertz CT molecular complexity index is 408. The third kappa shape index (κ3) is 2.55. The van der Waals surface area contributed by atoms with Gasteiger partial charge in [0.15, 0.2) is 0 Å². The number of hydrogen-bond acceptors (Lipinski definition) is 5. The summed E-state index contributed by atoms with van der Waals surface area (Å²) >= 11 is 0. The van der Waals surface area contributed by atoms with Crippen molar-refractivity contribution in [2.75, 3.05) is 7.11 Å². The van der Waals surface area contributed by atoms with E-state index in [1.807, 2.05) is 0 Å². The van der Waals surface area contributed by atoms with Gasteiger partial charge in [0.2, 0.25) is 5.88 Å². The molecular formula is C12H16N2O3. The highest BCUT2D eigenvalue weighted by Crippen LogP contribution is 2.24. The molecule has 2 rings (SSSR count). The third-order valence-electron chi connectivity index (χ3n) is 2.94. The van der Waals surface area contributed by atoms with E-state index < -0.39 is 5.97 Å². The first kappa shape index (κ1) is 11.9. The second-order valence-electron chi connectivity index (χ2n) is 4.10. The van der Waals surface area contributed by atoms with Crippen molar-refractivity contribution in [1.29, 1.82) is 0 Å². The van der Waals surface area contributed by atoms with Crippen molar-refractivity contribution in [1.82, 2.24) is 4.98 Å². The molecule has 1 fully saturated rings. The van der Waals surface area contributed by atoms with E-state index in [4.69, 9.17) is 10.5 Å². The quantitative estimate of drug-likeness (QED) is 0.796. The zero-order valence-corrected chi connectivity index (χ0v) is 9.76. The maximum Gasteiger partial charge on any atom is 0.343 e. The normalized spacial score (nSPS) is 23.4. The molecule has 0 spiro atoms. The first-order chi connectivity index (χ1) is 8.22. The Balaban J connectivity index is 2.17. The largest absolute Gasteiger partial charge is 0.472 e. The van der Waals surface area contributed by atoms with Gasteiger partial charge >= 0.3 is 5.97 Å². The Morgan fingerprint density at radius 1 is 1.53 bits per heavy atom. The van der Waals surface area contributed by atoms with Crippen LogP contribution in [0.15, 0.2) is 18.3 Å². The van der Waals surface area contributed by atoms with Crippen molar-refractivity contribution in [3.8, 4) is 5.88 Å². The lowest BCUT2D eigenvalue weighted by Crippen LogP contribution is -2.34. The Hall–Kier alpha value is -1.62. The second-order valence-corrected chi connectivity index (χ2v) is 4.10. The van der Waals surface area contributed by atoms with Crippen molar-refractivity contribution in [2.24, 2.45) is 5.73 Å². The molecule has 0 aliphatic heterocycles. The third-order valence-corrected chi connectivity index (χ3v) is 2.94. The van der Waals surface area contributed by atoms with Gasteiger partial charge in [-0.2, -0.15) is 0 Å². The topological polar surface area (TPSA) is 74.4 Å². The summed E-state index contributed by atoms with van der Waals surface area (Å²) in [6.07, 6.45) is 4.42. The van der Waals surface area contributed by atoms with Crippen LogP contribution in [0.3, 0.4) is 0 Å². The van der Waals surface area contributed by atoms with E-state index in [1.54, 1.807) is 18.3 Å². The van der Waals surface area contributed by atoms with E-state index in [0.29, 0.717) is 11.4 Å². The standard InChI is InChI=1S/C12H16N2O3/c1-16-12(15)8-4-3-7-14-11(8)17-10-6-2-5-9(10)13/h3-4,7,9-10H,2,5-6,13H2,1H3. The number of ether oxygens (including phenoxy) is 2. The number of rotatable bonds is 3. The molecule has 1 saturated carbocycles. The Morgan fingerprint density at radius 3 is 3.00 bits per heavy atom. The van der Waals surface area contributed by atoms with Crippen molar-refractivity contribution < 1.29 is 14.3 Å². The van der Waals surface area contributed by atoms with E-state index in [-0.39, 0.29) is 12.1 Å². The SMILES string of the molecule is COC(=O)c1cccnc1OC1CCCC1N. The first-order valence-corrected chi connectivity index (χ1v) is 5.68. The lowest BCUT2D eigenvalue weighted by Gasteiger charge is -2.18. The molecule has 1 aromatic rings. The van der Waals surface area contributed by atoms with Crippen LogP contribution in [-0.2, 0) is 4.74 Å². The van der Waals surface area contributed by atoms with Gasteiger partial charge in [-0.25, -0.2) is 9.78 Å². The molecule has 1 aliphatic rings. The van der Waals surface area contributed by atoms with E-state index in [9.17, 15) is 4.79 Å². The molecular weight excluding hydrogens is 220 g/mol. The fourth-order valence-electron chi connectivity index (χ4n) is 1.99. The average Bonchev–Trinajstić information content (AvgIpc) is 2.75. The summed E-state index contributed by atoms with van der Waals surface area (Å²) in [5, 5.41) is 0. The summed E-state index contributed by atoms with van der Waals surface area (Å²) in [4.78, 5) is 15.6. The highest BCUT2D eigenvalue weighted by atomic mass is 16.5. The van der Waals surface area contributed by atoms with Crippen molar-refractivity contribution in [3.05, 3.63) is 23.9 Å². The maximum atomic E-state index is 11.5. The predicted molar refractivity (Wildman–Crippen MR) is 61.8 cm³/mol. The number of carbonyl (C=O) groups is 1. The van der Waals surface area contributed by atoms with Crippen molar-refractivity contribution in [2.45, 2.75) is 31.4 Å². The molecule has 0 bridgehead atoms. The van der Waals surface area contributed by atoms with Gasteiger partial charge in [-0.3, -0.25) is 0 Å². The zero-order chi connectivity index (χ0) is 12.3. The molecule has 1 aromatic heterocycles. The van der Waals surface area contributed by atoms with E-state index in [1.165, 1.54) is 7.11 Å². The molecule has 5 heteroatoms. The monoisotopic (exact) mass is 236 g/mol.